The number of nitrogens with one attached hydrogen (secondary N) is 1. The summed E-state index contributed by atoms with van der Waals surface area (Å²) in [6.07, 6.45) is 3.99. The normalized spacial score (nSPS) is 19.1. The van der Waals surface area contributed by atoms with Gasteiger partial charge in [-0.2, -0.15) is 0 Å². The Morgan fingerprint density at radius 1 is 1.45 bits per heavy atom. The number of hydrogen-bond donors (Lipinski definition) is 3. The Hall–Kier alpha value is -1.59. The second kappa shape index (κ2) is 7.26. The first-order valence-corrected chi connectivity index (χ1v) is 7.20. The van der Waals surface area contributed by atoms with E-state index in [1.807, 2.05) is 12.1 Å². The number of para-hydroxylation sites is 2. The smallest absolute Gasteiger partial charge is 0.238 e. The lowest BCUT2D eigenvalue weighted by molar-refractivity contribution is -0.117. The number of hydrogen-bond acceptors (Lipinski definition) is 4. The van der Waals surface area contributed by atoms with Crippen molar-refractivity contribution in [3.63, 3.8) is 0 Å². The molecule has 1 amide bonds. The second-order valence-electron chi connectivity index (χ2n) is 5.27. The van der Waals surface area contributed by atoms with Crippen molar-refractivity contribution in [2.45, 2.75) is 31.7 Å². The first-order valence-electron chi connectivity index (χ1n) is 7.20. The summed E-state index contributed by atoms with van der Waals surface area (Å²) < 4.78 is 0. The number of nitrogens with zero attached hydrogens (tertiary/aromatic N) is 1. The molecular weight excluding hydrogens is 254 g/mol. The number of carbonyl (C=O) groups excluding carboxylic acids is 1. The minimum Gasteiger partial charge on any atom is -0.397 e. The number of likely N-dealkylation sites (tertiary alicyclic amines) is 1. The first-order chi connectivity index (χ1) is 9.70. The third kappa shape index (κ3) is 3.95. The van der Waals surface area contributed by atoms with Gasteiger partial charge in [0.05, 0.1) is 17.9 Å². The van der Waals surface area contributed by atoms with Crippen LogP contribution in [0.5, 0.6) is 0 Å². The van der Waals surface area contributed by atoms with Crippen molar-refractivity contribution in [3.8, 4) is 0 Å². The SMILES string of the molecule is Nc1ccccc1NC(=O)CN1CCCC1CCCO. The summed E-state index contributed by atoms with van der Waals surface area (Å²) in [5.41, 5.74) is 7.07. The van der Waals surface area contributed by atoms with Crippen LogP contribution in [0.15, 0.2) is 24.3 Å². The van der Waals surface area contributed by atoms with Gasteiger partial charge in [-0.3, -0.25) is 9.69 Å². The van der Waals surface area contributed by atoms with Gasteiger partial charge in [0.25, 0.3) is 0 Å². The van der Waals surface area contributed by atoms with Crippen LogP contribution in [0.25, 0.3) is 0 Å². The van der Waals surface area contributed by atoms with Crippen molar-refractivity contribution in [2.75, 3.05) is 30.7 Å². The van der Waals surface area contributed by atoms with E-state index in [0.29, 0.717) is 24.0 Å². The summed E-state index contributed by atoms with van der Waals surface area (Å²) in [6, 6.07) is 7.69. The fourth-order valence-electron chi connectivity index (χ4n) is 2.74. The van der Waals surface area contributed by atoms with E-state index >= 15 is 0 Å². The van der Waals surface area contributed by atoms with E-state index in [4.69, 9.17) is 10.8 Å². The molecule has 0 spiro atoms. The van der Waals surface area contributed by atoms with Gasteiger partial charge in [-0.15, -0.1) is 0 Å². The molecule has 4 N–H and O–H groups in total. The van der Waals surface area contributed by atoms with Gasteiger partial charge in [0.2, 0.25) is 5.91 Å². The zero-order valence-corrected chi connectivity index (χ0v) is 11.7. The van der Waals surface area contributed by atoms with E-state index in [9.17, 15) is 4.79 Å². The van der Waals surface area contributed by atoms with Gasteiger partial charge in [-0.1, -0.05) is 12.1 Å². The number of anilines is 2. The van der Waals surface area contributed by atoms with Gasteiger partial charge in [0, 0.05) is 12.6 Å². The van der Waals surface area contributed by atoms with Gasteiger partial charge in [0.1, 0.15) is 0 Å². The zero-order valence-electron chi connectivity index (χ0n) is 11.7. The fourth-order valence-corrected chi connectivity index (χ4v) is 2.74. The molecule has 0 aliphatic carbocycles. The molecule has 1 unspecified atom stereocenters. The lowest BCUT2D eigenvalue weighted by Gasteiger charge is -2.23. The zero-order chi connectivity index (χ0) is 14.4. The molecule has 1 atom stereocenters. The van der Waals surface area contributed by atoms with Gasteiger partial charge >= 0.3 is 0 Å². The highest BCUT2D eigenvalue weighted by atomic mass is 16.3. The lowest BCUT2D eigenvalue weighted by atomic mass is 10.1. The quantitative estimate of drug-likeness (QED) is 0.688. The van der Waals surface area contributed by atoms with Crippen LogP contribution >= 0.6 is 0 Å². The molecule has 2 rings (SSSR count). The Kier molecular flexibility index (Phi) is 5.38. The molecule has 5 heteroatoms. The molecule has 20 heavy (non-hydrogen) atoms. The van der Waals surface area contributed by atoms with Crippen LogP contribution in [-0.4, -0.2) is 41.7 Å². The summed E-state index contributed by atoms with van der Waals surface area (Å²) in [5, 5.41) is 11.8. The number of nitrogen functional groups attached to an aromatic ring is 1. The Labute approximate surface area is 119 Å². The van der Waals surface area contributed by atoms with E-state index in [2.05, 4.69) is 10.2 Å². The van der Waals surface area contributed by atoms with Crippen LogP contribution in [0.2, 0.25) is 0 Å². The molecule has 1 aliphatic heterocycles. The summed E-state index contributed by atoms with van der Waals surface area (Å²) in [4.78, 5) is 14.3. The highest BCUT2D eigenvalue weighted by Gasteiger charge is 2.25. The third-order valence-corrected chi connectivity index (χ3v) is 3.78. The molecule has 1 aromatic rings. The number of aliphatic hydroxyl groups is 1. The van der Waals surface area contributed by atoms with Crippen molar-refractivity contribution in [1.29, 1.82) is 0 Å². The Morgan fingerprint density at radius 2 is 2.25 bits per heavy atom. The van der Waals surface area contributed by atoms with Crippen molar-refractivity contribution < 1.29 is 9.90 Å². The van der Waals surface area contributed by atoms with Crippen molar-refractivity contribution >= 4 is 17.3 Å². The van der Waals surface area contributed by atoms with Gasteiger partial charge in [-0.25, -0.2) is 0 Å². The molecule has 0 saturated carbocycles. The Bertz CT molecular complexity index is 450. The molecular formula is C15H23N3O2. The van der Waals surface area contributed by atoms with E-state index in [1.54, 1.807) is 12.1 Å². The van der Waals surface area contributed by atoms with Gasteiger partial charge in [-0.05, 0) is 44.4 Å². The summed E-state index contributed by atoms with van der Waals surface area (Å²) in [5.74, 6) is -0.0289. The number of rotatable bonds is 6. The molecule has 0 bridgehead atoms. The number of amides is 1. The van der Waals surface area contributed by atoms with E-state index < -0.39 is 0 Å². The number of aliphatic hydroxyl groups excluding tert-OH is 1. The van der Waals surface area contributed by atoms with Gasteiger partial charge in [0.15, 0.2) is 0 Å². The van der Waals surface area contributed by atoms with Crippen molar-refractivity contribution in [1.82, 2.24) is 4.90 Å². The molecule has 1 aliphatic rings. The minimum atomic E-state index is -0.0289. The molecule has 1 heterocycles. The maximum absolute atomic E-state index is 12.1. The molecule has 0 aromatic heterocycles. The van der Waals surface area contributed by atoms with Crippen LogP contribution in [0.1, 0.15) is 25.7 Å². The van der Waals surface area contributed by atoms with Crippen LogP contribution in [-0.2, 0) is 4.79 Å². The standard InChI is InChI=1S/C15H23N3O2/c16-13-7-1-2-8-14(13)17-15(20)11-18-9-3-5-12(18)6-4-10-19/h1-2,7-8,12,19H,3-6,9-11,16H2,(H,17,20). The van der Waals surface area contributed by atoms with Crippen molar-refractivity contribution in [2.24, 2.45) is 0 Å². The Morgan fingerprint density at radius 3 is 3.00 bits per heavy atom. The molecule has 110 valence electrons. The minimum absolute atomic E-state index is 0.0289. The van der Waals surface area contributed by atoms with Crippen LogP contribution < -0.4 is 11.1 Å². The van der Waals surface area contributed by atoms with Crippen LogP contribution in [0.3, 0.4) is 0 Å². The molecule has 1 saturated heterocycles. The highest BCUT2D eigenvalue weighted by Crippen LogP contribution is 2.21. The molecule has 0 radical (unpaired) electrons. The van der Waals surface area contributed by atoms with Crippen LogP contribution in [0.4, 0.5) is 11.4 Å². The van der Waals surface area contributed by atoms with Gasteiger partial charge < -0.3 is 16.2 Å². The summed E-state index contributed by atoms with van der Waals surface area (Å²) >= 11 is 0. The Balaban J connectivity index is 1.86. The topological polar surface area (TPSA) is 78.6 Å². The number of nitrogens with two attached hydrogens (primary N) is 1. The maximum Gasteiger partial charge on any atom is 0.238 e. The predicted molar refractivity (Wildman–Crippen MR) is 80.4 cm³/mol. The number of carbonyl (C=O) groups is 1. The molecule has 5 nitrogen and oxygen atoms in total. The summed E-state index contributed by atoms with van der Waals surface area (Å²) in [7, 11) is 0. The lowest BCUT2D eigenvalue weighted by Crippen LogP contribution is -2.37. The first kappa shape index (κ1) is 14.8. The average molecular weight is 277 g/mol. The summed E-state index contributed by atoms with van der Waals surface area (Å²) in [6.45, 7) is 1.56. The largest absolute Gasteiger partial charge is 0.397 e. The van der Waals surface area contributed by atoms with E-state index in [1.165, 1.54) is 0 Å². The van der Waals surface area contributed by atoms with Crippen LogP contribution in [0, 0.1) is 0 Å². The number of benzene rings is 1. The van der Waals surface area contributed by atoms with Crippen molar-refractivity contribution in [3.05, 3.63) is 24.3 Å². The van der Waals surface area contributed by atoms with E-state index in [0.717, 1.165) is 32.2 Å². The molecule has 1 aromatic carbocycles. The second-order valence-corrected chi connectivity index (χ2v) is 5.27. The van der Waals surface area contributed by atoms with E-state index in [-0.39, 0.29) is 12.5 Å². The maximum atomic E-state index is 12.1. The predicted octanol–water partition coefficient (Wildman–Crippen LogP) is 1.44. The molecule has 1 fully saturated rings. The fraction of sp³-hybridized carbons (Fsp3) is 0.533. The monoisotopic (exact) mass is 277 g/mol. The average Bonchev–Trinajstić information content (AvgIpc) is 2.86. The highest BCUT2D eigenvalue weighted by molar-refractivity contribution is 5.95. The third-order valence-electron chi connectivity index (χ3n) is 3.78.